The molecule has 0 bridgehead atoms. The Morgan fingerprint density at radius 1 is 1.36 bits per heavy atom. The molecule has 28 heavy (non-hydrogen) atoms. The predicted molar refractivity (Wildman–Crippen MR) is 106 cm³/mol. The van der Waals surface area contributed by atoms with Gasteiger partial charge in [0, 0.05) is 32.4 Å². The first-order valence-corrected chi connectivity index (χ1v) is 11.7. The average molecular weight is 424 g/mol. The maximum Gasteiger partial charge on any atom is 0.244 e. The van der Waals surface area contributed by atoms with E-state index in [9.17, 15) is 18.5 Å². The van der Waals surface area contributed by atoms with Gasteiger partial charge in [-0.05, 0) is 44.9 Å². The Balaban J connectivity index is 1.56. The van der Waals surface area contributed by atoms with E-state index in [1.807, 2.05) is 7.05 Å². The highest BCUT2D eigenvalue weighted by Gasteiger charge is 2.42. The van der Waals surface area contributed by atoms with Crippen molar-refractivity contribution in [3.05, 3.63) is 18.3 Å². The van der Waals surface area contributed by atoms with Crippen molar-refractivity contribution in [2.45, 2.75) is 35.2 Å². The first-order chi connectivity index (χ1) is 13.2. The third-order valence-corrected chi connectivity index (χ3v) is 8.01. The van der Waals surface area contributed by atoms with Crippen LogP contribution in [0.4, 0.5) is 0 Å². The molecule has 8 nitrogen and oxygen atoms in total. The number of aromatic nitrogens is 1. The number of likely N-dealkylation sites (N-methyl/N-ethyl adjacent to an activating group) is 1. The Kier molecular flexibility index (Phi) is 6.29. The van der Waals surface area contributed by atoms with Crippen LogP contribution in [0.1, 0.15) is 19.8 Å². The molecule has 1 N–H and O–H groups in total. The summed E-state index contributed by atoms with van der Waals surface area (Å²) in [5.74, 6) is 0.127. The van der Waals surface area contributed by atoms with Gasteiger partial charge in [0.15, 0.2) is 0 Å². The summed E-state index contributed by atoms with van der Waals surface area (Å²) >= 11 is 1.22. The number of amides is 1. The van der Waals surface area contributed by atoms with Gasteiger partial charge in [-0.25, -0.2) is 13.4 Å². The maximum atomic E-state index is 12.7. The molecule has 1 aliphatic heterocycles. The minimum absolute atomic E-state index is 0.127. The second kappa shape index (κ2) is 8.37. The highest BCUT2D eigenvalue weighted by molar-refractivity contribution is 7.99. The molecule has 1 unspecified atom stereocenters. The first-order valence-electron chi connectivity index (χ1n) is 9.24. The lowest BCUT2D eigenvalue weighted by Crippen LogP contribution is -2.47. The van der Waals surface area contributed by atoms with Crippen LogP contribution in [-0.2, 0) is 14.8 Å². The largest absolute Gasteiger partial charge is 0.337 e. The topological polar surface area (TPSA) is 106 Å². The minimum atomic E-state index is -3.54. The predicted octanol–water partition coefficient (Wildman–Crippen LogP) is 0.918. The number of nitrogens with one attached hydrogen (secondary N) is 1. The normalized spacial score (nSPS) is 20.9. The second-order valence-corrected chi connectivity index (χ2v) is 10.4. The van der Waals surface area contributed by atoms with Gasteiger partial charge in [0.05, 0.1) is 16.8 Å². The quantitative estimate of drug-likeness (QED) is 0.650. The van der Waals surface area contributed by atoms with Crippen LogP contribution in [0.15, 0.2) is 28.3 Å². The molecule has 2 fully saturated rings. The van der Waals surface area contributed by atoms with Crippen LogP contribution in [0.2, 0.25) is 0 Å². The van der Waals surface area contributed by atoms with Crippen molar-refractivity contribution in [1.82, 2.24) is 19.5 Å². The number of nitrogens with zero attached hydrogens (tertiary/aromatic N) is 4. The zero-order chi connectivity index (χ0) is 20.4. The lowest BCUT2D eigenvalue weighted by molar-refractivity contribution is -0.119. The highest BCUT2D eigenvalue weighted by atomic mass is 32.2. The van der Waals surface area contributed by atoms with Crippen LogP contribution >= 0.6 is 11.8 Å². The molecule has 1 aliphatic carbocycles. The van der Waals surface area contributed by atoms with Crippen LogP contribution < -0.4 is 5.32 Å². The van der Waals surface area contributed by atoms with Crippen LogP contribution in [0.3, 0.4) is 0 Å². The molecular weight excluding hydrogens is 398 g/mol. The molecule has 0 aromatic carbocycles. The van der Waals surface area contributed by atoms with E-state index in [-0.39, 0.29) is 22.5 Å². The zero-order valence-electron chi connectivity index (χ0n) is 16.1. The van der Waals surface area contributed by atoms with Gasteiger partial charge in [0.1, 0.15) is 10.4 Å². The second-order valence-electron chi connectivity index (χ2n) is 7.46. The summed E-state index contributed by atoms with van der Waals surface area (Å²) < 4.78 is 26.9. The van der Waals surface area contributed by atoms with Gasteiger partial charge < -0.3 is 10.2 Å². The molecule has 0 radical (unpaired) electrons. The number of thioether (sulfide) groups is 1. The van der Waals surface area contributed by atoms with Crippen molar-refractivity contribution in [1.29, 1.82) is 5.26 Å². The molecule has 2 heterocycles. The Hall–Kier alpha value is -1.67. The number of nitriles is 1. The first kappa shape index (κ1) is 21.0. The molecule has 0 spiro atoms. The van der Waals surface area contributed by atoms with Crippen LogP contribution in [0.5, 0.6) is 0 Å². The summed E-state index contributed by atoms with van der Waals surface area (Å²) in [5, 5.41) is 12.7. The molecule has 1 amide bonds. The summed E-state index contributed by atoms with van der Waals surface area (Å²) in [6, 6.07) is 5.34. The fourth-order valence-electron chi connectivity index (χ4n) is 3.13. The van der Waals surface area contributed by atoms with Gasteiger partial charge in [-0.3, -0.25) is 4.79 Å². The number of carbonyl (C=O) groups is 1. The monoisotopic (exact) mass is 423 g/mol. The van der Waals surface area contributed by atoms with Gasteiger partial charge in [-0.1, -0.05) is 11.8 Å². The van der Waals surface area contributed by atoms with E-state index < -0.39 is 15.6 Å². The highest BCUT2D eigenvalue weighted by Crippen LogP contribution is 2.39. The molecule has 152 valence electrons. The number of carbonyl (C=O) groups excluding carboxylic acids is 1. The molecule has 1 aromatic heterocycles. The van der Waals surface area contributed by atoms with Crippen molar-refractivity contribution in [3.63, 3.8) is 0 Å². The van der Waals surface area contributed by atoms with E-state index >= 15 is 0 Å². The summed E-state index contributed by atoms with van der Waals surface area (Å²) in [7, 11) is -1.57. The Bertz CT molecular complexity index is 856. The Morgan fingerprint density at radius 3 is 2.57 bits per heavy atom. The average Bonchev–Trinajstić information content (AvgIpc) is 3.53. The minimum Gasteiger partial charge on any atom is -0.337 e. The molecule has 10 heteroatoms. The Labute approximate surface area is 170 Å². The zero-order valence-corrected chi connectivity index (χ0v) is 17.7. The SMILES string of the molecule is CN1CCN(S(=O)(=O)c2ccc(SCC(=O)NC(C)(C#N)C3CC3)nc2)CC1. The van der Waals surface area contributed by atoms with Crippen LogP contribution in [0, 0.1) is 17.2 Å². The van der Waals surface area contributed by atoms with Gasteiger partial charge in [0.2, 0.25) is 15.9 Å². The molecule has 1 saturated heterocycles. The van der Waals surface area contributed by atoms with E-state index in [1.165, 1.54) is 28.3 Å². The number of hydrogen-bond acceptors (Lipinski definition) is 7. The fourth-order valence-corrected chi connectivity index (χ4v) is 5.14. The third-order valence-electron chi connectivity index (χ3n) is 5.19. The van der Waals surface area contributed by atoms with Crippen molar-refractivity contribution in [2.75, 3.05) is 39.0 Å². The van der Waals surface area contributed by atoms with Crippen LogP contribution in [0.25, 0.3) is 0 Å². The van der Waals surface area contributed by atoms with E-state index in [2.05, 4.69) is 21.3 Å². The van der Waals surface area contributed by atoms with Crippen LogP contribution in [-0.4, -0.2) is 73.0 Å². The van der Waals surface area contributed by atoms with Gasteiger partial charge in [0.25, 0.3) is 0 Å². The van der Waals surface area contributed by atoms with Gasteiger partial charge in [-0.2, -0.15) is 9.57 Å². The standard InChI is InChI=1S/C18H25N5O3S2/c1-18(13-19,14-3-4-14)21-16(24)12-27-17-6-5-15(11-20-17)28(25,26)23-9-7-22(2)8-10-23/h5-6,11,14H,3-4,7-10,12H2,1-2H3,(H,21,24). The molecular formula is C18H25N5O3S2. The number of sulfonamides is 1. The Morgan fingerprint density at radius 2 is 2.04 bits per heavy atom. The number of hydrogen-bond donors (Lipinski definition) is 1. The van der Waals surface area contributed by atoms with Crippen molar-refractivity contribution >= 4 is 27.7 Å². The summed E-state index contributed by atoms with van der Waals surface area (Å²) in [5.41, 5.74) is -0.814. The van der Waals surface area contributed by atoms with Crippen molar-refractivity contribution in [2.24, 2.45) is 5.92 Å². The van der Waals surface area contributed by atoms with E-state index in [1.54, 1.807) is 13.0 Å². The summed E-state index contributed by atoms with van der Waals surface area (Å²) in [4.78, 5) is 18.6. The number of rotatable bonds is 7. The van der Waals surface area contributed by atoms with E-state index in [0.717, 1.165) is 12.8 Å². The maximum absolute atomic E-state index is 12.7. The van der Waals surface area contributed by atoms with Crippen molar-refractivity contribution < 1.29 is 13.2 Å². The molecule has 1 atom stereocenters. The summed E-state index contributed by atoms with van der Waals surface area (Å²) in [6.45, 7) is 4.10. The van der Waals surface area contributed by atoms with E-state index in [0.29, 0.717) is 31.2 Å². The smallest absolute Gasteiger partial charge is 0.244 e. The number of pyridine rings is 1. The lowest BCUT2D eigenvalue weighted by atomic mass is 9.98. The van der Waals surface area contributed by atoms with Crippen molar-refractivity contribution in [3.8, 4) is 6.07 Å². The third kappa shape index (κ3) is 4.84. The molecule has 1 aromatic rings. The lowest BCUT2D eigenvalue weighted by Gasteiger charge is -2.31. The van der Waals surface area contributed by atoms with Gasteiger partial charge >= 0.3 is 0 Å². The van der Waals surface area contributed by atoms with E-state index in [4.69, 9.17) is 0 Å². The summed E-state index contributed by atoms with van der Waals surface area (Å²) in [6.07, 6.45) is 3.27. The molecule has 2 aliphatic rings. The number of piperazine rings is 1. The fraction of sp³-hybridized carbons (Fsp3) is 0.611. The molecule has 1 saturated carbocycles. The van der Waals surface area contributed by atoms with Gasteiger partial charge in [-0.15, -0.1) is 0 Å². The molecule has 3 rings (SSSR count).